The first-order chi connectivity index (χ1) is 38.8. The topological polar surface area (TPSA) is 388 Å². The van der Waals surface area contributed by atoms with Gasteiger partial charge in [-0.05, 0) is 106 Å². The van der Waals surface area contributed by atoms with Gasteiger partial charge in [-0.15, -0.1) is 0 Å². The van der Waals surface area contributed by atoms with E-state index in [4.69, 9.17) is 37.9 Å². The summed E-state index contributed by atoms with van der Waals surface area (Å²) in [7, 11) is 1.11. The molecular formula is C59H94O24Y2. The minimum absolute atomic E-state index is 0. The zero-order chi connectivity index (χ0) is 62.0. The fraction of sp³-hybridized carbons (Fsp3) is 0.847. The van der Waals surface area contributed by atoms with Crippen LogP contribution in [0.5, 0.6) is 0 Å². The van der Waals surface area contributed by atoms with Crippen LogP contribution in [-0.4, -0.2) is 228 Å². The molecule has 26 heteroatoms. The summed E-state index contributed by atoms with van der Waals surface area (Å²) in [5, 5.41) is 137. The molecule has 3 saturated heterocycles. The number of ether oxygens (including phenoxy) is 8. The smallest absolute Gasteiger partial charge is 0.335 e. The van der Waals surface area contributed by atoms with Crippen LogP contribution in [-0.2, 0) is 118 Å². The Morgan fingerprint density at radius 3 is 1.66 bits per heavy atom. The number of fused-ring (bicyclic) bond motifs is 7. The van der Waals surface area contributed by atoms with E-state index >= 15 is 0 Å². The fourth-order valence-corrected chi connectivity index (χ4v) is 16.2. The van der Waals surface area contributed by atoms with Crippen LogP contribution in [0.3, 0.4) is 0 Å². The molecule has 0 aromatic carbocycles. The van der Waals surface area contributed by atoms with Crippen LogP contribution in [0.15, 0.2) is 34.9 Å². The summed E-state index contributed by atoms with van der Waals surface area (Å²) in [6.45, 7) is 20.3. The second-order valence-electron chi connectivity index (χ2n) is 26.4. The number of rotatable bonds is 14. The second-order valence-corrected chi connectivity index (χ2v) is 26.4. The summed E-state index contributed by atoms with van der Waals surface area (Å²) >= 11 is 0. The van der Waals surface area contributed by atoms with Gasteiger partial charge in [-0.25, -0.2) is 14.4 Å². The summed E-state index contributed by atoms with van der Waals surface area (Å²) in [5.74, 6) is -2.30. The van der Waals surface area contributed by atoms with E-state index in [9.17, 15) is 80.8 Å². The number of aliphatic carboxylic acids is 1. The molecule has 85 heavy (non-hydrogen) atoms. The molecule has 8 aliphatic rings. The van der Waals surface area contributed by atoms with Crippen LogP contribution < -0.4 is 0 Å². The van der Waals surface area contributed by atoms with Gasteiger partial charge in [-0.2, -0.15) is 0 Å². The molecule has 0 amide bonds. The van der Waals surface area contributed by atoms with Crippen LogP contribution in [0.25, 0.3) is 0 Å². The number of aliphatic hydroxyl groups is 12. The molecule has 3 heterocycles. The van der Waals surface area contributed by atoms with Crippen molar-refractivity contribution < 1.29 is 184 Å². The van der Waals surface area contributed by atoms with Gasteiger partial charge in [0, 0.05) is 101 Å². The van der Waals surface area contributed by atoms with Gasteiger partial charge < -0.3 is 104 Å². The molecule has 3 aliphatic heterocycles. The maximum Gasteiger partial charge on any atom is 0.335 e. The number of allylic oxidation sites excluding steroid dienone is 3. The van der Waals surface area contributed by atoms with Crippen molar-refractivity contribution in [1.82, 2.24) is 0 Å². The normalized spacial score (nSPS) is 47.5. The molecule has 27 atom stereocenters. The molecule has 7 fully saturated rings. The fourth-order valence-electron chi connectivity index (χ4n) is 16.2. The van der Waals surface area contributed by atoms with E-state index in [0.29, 0.717) is 29.4 Å². The van der Waals surface area contributed by atoms with Gasteiger partial charge in [0.15, 0.2) is 31.1 Å². The Morgan fingerprint density at radius 1 is 0.647 bits per heavy atom. The molecular weight excluding hydrogens is 1270 g/mol. The van der Waals surface area contributed by atoms with Gasteiger partial charge in [0.25, 0.3) is 0 Å². The summed E-state index contributed by atoms with van der Waals surface area (Å²) in [4.78, 5) is 38.5. The number of carbonyl (C=O) groups excluding carboxylic acids is 2. The monoisotopic (exact) mass is 1360 g/mol. The third-order valence-electron chi connectivity index (χ3n) is 22.0. The van der Waals surface area contributed by atoms with Gasteiger partial charge in [-0.3, -0.25) is 0 Å². The van der Waals surface area contributed by atoms with E-state index in [1.54, 1.807) is 39.8 Å². The van der Waals surface area contributed by atoms with E-state index in [-0.39, 0.29) is 88.8 Å². The van der Waals surface area contributed by atoms with Gasteiger partial charge in [-0.1, -0.05) is 72.3 Å². The van der Waals surface area contributed by atoms with Crippen molar-refractivity contribution >= 4 is 17.9 Å². The molecule has 0 aromatic rings. The SMILES string of the molecule is C/C=C(/C)C(=O)O[C@H]1[C@H](OC(=O)/C(C)=C\C)[C@@]2(CO)C(CC1(C)C)C1=CCC3[C@@]4(C)CC[C@H](C)[C@](C)(CO)C4CC[C@@]3(C)[C@]1(C)[C@@H](O)[C@H]2O.CO[C@@H]1OC(C(=O)O)[C@@H](O)[C@@H](O[C@@H]2O[C@@H](CO)[C@@H](O)C2O)C1O[C@@H]1OC(CO)[C@@H](O)[C@@H](O)C1O.[Y].[Y]. The number of hydrogen-bond acceptors (Lipinski definition) is 23. The van der Waals surface area contributed by atoms with Crippen molar-refractivity contribution in [1.29, 1.82) is 0 Å². The standard InChI is InChI=1S/C41H64O8.C18H30O16.2Y/c1-12-23(3)34(46)48-32-33(49-35(47)24(4)13-2)41(22-43)27(20-36(32,6)7)26-14-15-29-37(8)18-16-25(5)38(9,21-42)28(37)17-19-39(29,10)40(26,11)30(44)31(41)45;1-29-18-14(34-17-10(25)8(23)6(21)4(2-19)30-17)12(11(26)13(33-18)15(27)28)32-16-9(24)7(22)5(3-20)31-16;;/h12-14,25,27-33,42-45H,15-22H2,1-11H3;4-14,16-26H,2-3H2,1H3,(H,27,28);;/b23-12-,24-13-;;;/t25-,27?,28?,29?,30-,31+,32-,33-,37-,38-,39+,40-,41-;4?,5-,6+,7+,8+,9?,10?,11-,12+,13?,14?,16-,17-,18+;;/m00../s1. The Hall–Kier alpha value is -0.882. The van der Waals surface area contributed by atoms with Crippen LogP contribution in [0, 0.1) is 56.2 Å². The van der Waals surface area contributed by atoms with Crippen LogP contribution >= 0.6 is 0 Å². The Bertz CT molecular complexity index is 2430. The summed E-state index contributed by atoms with van der Waals surface area (Å²) in [5.41, 5.74) is -2.01. The summed E-state index contributed by atoms with van der Waals surface area (Å²) < 4.78 is 44.4. The molecule has 0 bridgehead atoms. The number of carbonyl (C=O) groups is 3. The first-order valence-corrected chi connectivity index (χ1v) is 29.1. The molecule has 8 unspecified atom stereocenters. The average molecular weight is 1370 g/mol. The van der Waals surface area contributed by atoms with E-state index in [0.717, 1.165) is 44.8 Å². The van der Waals surface area contributed by atoms with Gasteiger partial charge >= 0.3 is 17.9 Å². The number of methoxy groups -OCH3 is 1. The van der Waals surface area contributed by atoms with Crippen molar-refractivity contribution in [3.63, 3.8) is 0 Å². The predicted octanol–water partition coefficient (Wildman–Crippen LogP) is 0.114. The van der Waals surface area contributed by atoms with Crippen LogP contribution in [0.1, 0.15) is 115 Å². The maximum atomic E-state index is 13.5. The van der Waals surface area contributed by atoms with E-state index < -0.39 is 176 Å². The summed E-state index contributed by atoms with van der Waals surface area (Å²) in [6.07, 6.45) is -17.7. The molecule has 5 aliphatic carbocycles. The van der Waals surface area contributed by atoms with Gasteiger partial charge in [0.2, 0.25) is 0 Å². The Balaban J connectivity index is 0.000000323. The Kier molecular flexibility index (Phi) is 25.1. The molecule has 8 rings (SSSR count). The maximum absolute atomic E-state index is 13.5. The number of carboxylic acid groups (broad SMARTS) is 1. The molecule has 4 saturated carbocycles. The van der Waals surface area contributed by atoms with Crippen LogP contribution in [0.4, 0.5) is 0 Å². The van der Waals surface area contributed by atoms with Crippen molar-refractivity contribution in [2.45, 2.75) is 225 Å². The van der Waals surface area contributed by atoms with E-state index in [1.165, 1.54) is 0 Å². The number of aliphatic hydroxyl groups excluding tert-OH is 12. The minimum atomic E-state index is -1.97. The Morgan fingerprint density at radius 2 is 1.16 bits per heavy atom. The molecule has 2 radical (unpaired) electrons. The van der Waals surface area contributed by atoms with Crippen LogP contribution in [0.2, 0.25) is 0 Å². The minimum Gasteiger partial charge on any atom is -0.479 e. The van der Waals surface area contributed by atoms with Gasteiger partial charge in [0.1, 0.15) is 67.1 Å². The predicted molar refractivity (Wildman–Crippen MR) is 289 cm³/mol. The quantitative estimate of drug-likeness (QED) is 0.0624. The zero-order valence-corrected chi connectivity index (χ0v) is 56.6. The third kappa shape index (κ3) is 12.6. The van der Waals surface area contributed by atoms with E-state index in [2.05, 4.69) is 40.7 Å². The number of esters is 2. The van der Waals surface area contributed by atoms with E-state index in [1.807, 2.05) is 13.8 Å². The first-order valence-electron chi connectivity index (χ1n) is 29.1. The number of hydrogen-bond donors (Lipinski definition) is 13. The molecule has 13 N–H and O–H groups in total. The summed E-state index contributed by atoms with van der Waals surface area (Å²) in [6, 6.07) is 0. The first kappa shape index (κ1) is 74.8. The third-order valence-corrected chi connectivity index (χ3v) is 22.0. The van der Waals surface area contributed by atoms with Crippen molar-refractivity contribution in [3.05, 3.63) is 34.9 Å². The van der Waals surface area contributed by atoms with Gasteiger partial charge in [0.05, 0.1) is 37.4 Å². The zero-order valence-electron chi connectivity index (χ0n) is 51.0. The molecule has 0 aromatic heterocycles. The molecule has 0 spiro atoms. The second kappa shape index (κ2) is 28.5. The Labute approximate surface area is 547 Å². The molecule has 480 valence electrons. The van der Waals surface area contributed by atoms with Crippen molar-refractivity contribution in [2.75, 3.05) is 33.5 Å². The molecule has 24 nitrogen and oxygen atoms in total. The number of carboxylic acids is 1. The van der Waals surface area contributed by atoms with Crippen molar-refractivity contribution in [2.24, 2.45) is 56.2 Å². The largest absolute Gasteiger partial charge is 0.479 e. The van der Waals surface area contributed by atoms with Crippen molar-refractivity contribution in [3.8, 4) is 0 Å². The average Bonchev–Trinajstić information content (AvgIpc) is 0.987.